The van der Waals surface area contributed by atoms with Crippen molar-refractivity contribution in [3.05, 3.63) is 29.8 Å². The second-order valence-electron chi connectivity index (χ2n) is 8.96. The molecule has 4 bridgehead atoms. The second kappa shape index (κ2) is 6.04. The van der Waals surface area contributed by atoms with E-state index in [2.05, 4.69) is 12.2 Å². The SMILES string of the molecule is C[C@@H](NC(=O)/C=C/c1ccc2c(c1)OCO2)C12CC3CC(CC(C3)C1)C2. The Balaban J connectivity index is 1.24. The summed E-state index contributed by atoms with van der Waals surface area (Å²) < 4.78 is 10.7. The van der Waals surface area contributed by atoms with Gasteiger partial charge < -0.3 is 14.8 Å². The summed E-state index contributed by atoms with van der Waals surface area (Å²) >= 11 is 0. The molecule has 0 spiro atoms. The molecule has 5 aliphatic rings. The molecule has 0 radical (unpaired) electrons. The van der Waals surface area contributed by atoms with E-state index in [0.717, 1.165) is 34.8 Å². The van der Waals surface area contributed by atoms with E-state index in [4.69, 9.17) is 9.47 Å². The van der Waals surface area contributed by atoms with Crippen LogP contribution in [0.15, 0.2) is 24.3 Å². The molecule has 0 unspecified atom stereocenters. The van der Waals surface area contributed by atoms with E-state index in [1.165, 1.54) is 38.5 Å². The summed E-state index contributed by atoms with van der Waals surface area (Å²) in [5.41, 5.74) is 1.30. The van der Waals surface area contributed by atoms with Crippen molar-refractivity contribution in [2.75, 3.05) is 6.79 Å². The Morgan fingerprint density at radius 3 is 2.46 bits per heavy atom. The average Bonchev–Trinajstić information content (AvgIpc) is 3.06. The first kappa shape index (κ1) is 16.2. The summed E-state index contributed by atoms with van der Waals surface area (Å²) in [7, 11) is 0. The lowest BCUT2D eigenvalue weighted by Crippen LogP contribution is -2.55. The summed E-state index contributed by atoms with van der Waals surface area (Å²) in [6, 6.07) is 6.00. The van der Waals surface area contributed by atoms with Gasteiger partial charge in [0.05, 0.1) is 0 Å². The number of carbonyl (C=O) groups is 1. The van der Waals surface area contributed by atoms with Crippen LogP contribution in [0.4, 0.5) is 0 Å². The van der Waals surface area contributed by atoms with Crippen molar-refractivity contribution >= 4 is 12.0 Å². The summed E-state index contributed by atoms with van der Waals surface area (Å²) in [5.74, 6) is 4.24. The number of hydrogen-bond donors (Lipinski definition) is 1. The maximum absolute atomic E-state index is 12.5. The molecule has 1 N–H and O–H groups in total. The van der Waals surface area contributed by atoms with Crippen LogP contribution < -0.4 is 14.8 Å². The number of rotatable bonds is 4. The third kappa shape index (κ3) is 2.80. The smallest absolute Gasteiger partial charge is 0.244 e. The monoisotopic (exact) mass is 353 g/mol. The van der Waals surface area contributed by atoms with Crippen molar-refractivity contribution < 1.29 is 14.3 Å². The number of hydrogen-bond acceptors (Lipinski definition) is 3. The summed E-state index contributed by atoms with van der Waals surface area (Å²) in [4.78, 5) is 12.5. The van der Waals surface area contributed by atoms with Gasteiger partial charge in [-0.25, -0.2) is 0 Å². The molecule has 0 saturated heterocycles. The van der Waals surface area contributed by atoms with Gasteiger partial charge in [-0.15, -0.1) is 0 Å². The Bertz CT molecular complexity index is 718. The highest BCUT2D eigenvalue weighted by atomic mass is 16.7. The first-order chi connectivity index (χ1) is 12.6. The molecule has 4 fully saturated rings. The lowest BCUT2D eigenvalue weighted by Gasteiger charge is -2.59. The fraction of sp³-hybridized carbons (Fsp3) is 0.591. The van der Waals surface area contributed by atoms with Crippen LogP contribution in [0.3, 0.4) is 0 Å². The number of carbonyl (C=O) groups excluding carboxylic acids is 1. The lowest BCUT2D eigenvalue weighted by molar-refractivity contribution is -0.121. The largest absolute Gasteiger partial charge is 0.454 e. The Labute approximate surface area is 154 Å². The molecule has 4 saturated carbocycles. The Morgan fingerprint density at radius 2 is 1.77 bits per heavy atom. The van der Waals surface area contributed by atoms with Crippen molar-refractivity contribution in [2.24, 2.45) is 23.2 Å². The van der Waals surface area contributed by atoms with Crippen LogP contribution in [0.5, 0.6) is 11.5 Å². The normalized spacial score (nSPS) is 35.0. The topological polar surface area (TPSA) is 47.6 Å². The van der Waals surface area contributed by atoms with Gasteiger partial charge in [0.2, 0.25) is 12.7 Å². The summed E-state index contributed by atoms with van der Waals surface area (Å²) in [6.07, 6.45) is 11.7. The van der Waals surface area contributed by atoms with E-state index in [0.29, 0.717) is 5.41 Å². The van der Waals surface area contributed by atoms with E-state index >= 15 is 0 Å². The fourth-order valence-electron chi connectivity index (χ4n) is 6.31. The molecule has 6 rings (SSSR count). The van der Waals surface area contributed by atoms with E-state index in [9.17, 15) is 4.79 Å². The highest BCUT2D eigenvalue weighted by Gasteiger charge is 2.53. The van der Waals surface area contributed by atoms with E-state index < -0.39 is 0 Å². The minimum atomic E-state index is 0.00547. The molecule has 1 amide bonds. The molecule has 1 atom stereocenters. The first-order valence-electron chi connectivity index (χ1n) is 9.98. The zero-order valence-corrected chi connectivity index (χ0v) is 15.4. The van der Waals surface area contributed by atoms with Crippen LogP contribution in [0.25, 0.3) is 6.08 Å². The van der Waals surface area contributed by atoms with Crippen LogP contribution in [-0.2, 0) is 4.79 Å². The number of benzene rings is 1. The Morgan fingerprint density at radius 1 is 1.12 bits per heavy atom. The highest BCUT2D eigenvalue weighted by Crippen LogP contribution is 2.61. The molecule has 4 nitrogen and oxygen atoms in total. The minimum Gasteiger partial charge on any atom is -0.454 e. The van der Waals surface area contributed by atoms with Gasteiger partial charge in [0.15, 0.2) is 11.5 Å². The Kier molecular flexibility index (Phi) is 3.77. The van der Waals surface area contributed by atoms with Crippen molar-refractivity contribution in [2.45, 2.75) is 51.5 Å². The zero-order valence-electron chi connectivity index (χ0n) is 15.4. The van der Waals surface area contributed by atoms with Gasteiger partial charge in [0.1, 0.15) is 0 Å². The van der Waals surface area contributed by atoms with Gasteiger partial charge in [-0.2, -0.15) is 0 Å². The van der Waals surface area contributed by atoms with Crippen LogP contribution in [0, 0.1) is 23.2 Å². The highest BCUT2D eigenvalue weighted by molar-refractivity contribution is 5.92. The van der Waals surface area contributed by atoms with Gasteiger partial charge in [-0.05, 0) is 92.4 Å². The van der Waals surface area contributed by atoms with Gasteiger partial charge in [-0.1, -0.05) is 6.07 Å². The number of amides is 1. The summed E-state index contributed by atoms with van der Waals surface area (Å²) in [5, 5.41) is 3.28. The van der Waals surface area contributed by atoms with Crippen molar-refractivity contribution in [1.29, 1.82) is 0 Å². The third-order valence-electron chi connectivity index (χ3n) is 7.19. The molecular weight excluding hydrogens is 326 g/mol. The van der Waals surface area contributed by atoms with Gasteiger partial charge >= 0.3 is 0 Å². The van der Waals surface area contributed by atoms with Crippen molar-refractivity contribution in [1.82, 2.24) is 5.32 Å². The van der Waals surface area contributed by atoms with Crippen LogP contribution in [-0.4, -0.2) is 18.7 Å². The van der Waals surface area contributed by atoms with Crippen molar-refractivity contribution in [3.63, 3.8) is 0 Å². The Hall–Kier alpha value is -1.97. The maximum Gasteiger partial charge on any atom is 0.244 e. The molecular formula is C22H27NO3. The second-order valence-corrected chi connectivity index (χ2v) is 8.96. The molecule has 4 aliphatic carbocycles. The third-order valence-corrected chi connectivity index (χ3v) is 7.19. The quantitative estimate of drug-likeness (QED) is 0.827. The molecule has 1 aromatic rings. The average molecular weight is 353 g/mol. The predicted molar refractivity (Wildman–Crippen MR) is 99.8 cm³/mol. The molecule has 4 heteroatoms. The fourth-order valence-corrected chi connectivity index (χ4v) is 6.31. The van der Waals surface area contributed by atoms with Crippen molar-refractivity contribution in [3.8, 4) is 11.5 Å². The lowest BCUT2D eigenvalue weighted by atomic mass is 9.48. The van der Waals surface area contributed by atoms with Crippen LogP contribution in [0.2, 0.25) is 0 Å². The van der Waals surface area contributed by atoms with Gasteiger partial charge in [0.25, 0.3) is 0 Å². The van der Waals surface area contributed by atoms with E-state index in [-0.39, 0.29) is 18.7 Å². The van der Waals surface area contributed by atoms with Crippen LogP contribution >= 0.6 is 0 Å². The molecule has 26 heavy (non-hydrogen) atoms. The van der Waals surface area contributed by atoms with Gasteiger partial charge in [-0.3, -0.25) is 4.79 Å². The molecule has 138 valence electrons. The van der Waals surface area contributed by atoms with Crippen LogP contribution in [0.1, 0.15) is 51.0 Å². The van der Waals surface area contributed by atoms with E-state index in [1.54, 1.807) is 6.08 Å². The molecule has 1 aromatic carbocycles. The number of nitrogens with one attached hydrogen (secondary N) is 1. The zero-order chi connectivity index (χ0) is 17.7. The predicted octanol–water partition coefficient (Wildman–Crippen LogP) is 4.15. The molecule has 0 aromatic heterocycles. The number of ether oxygens (including phenoxy) is 2. The number of fused-ring (bicyclic) bond motifs is 1. The van der Waals surface area contributed by atoms with Gasteiger partial charge in [0, 0.05) is 12.1 Å². The minimum absolute atomic E-state index is 0.00547. The standard InChI is InChI=1S/C22H27NO3/c1-14(22-10-16-6-17(11-22)8-18(7-16)12-22)23-21(24)5-3-15-2-4-19-20(9-15)26-13-25-19/h2-5,9,14,16-18H,6-8,10-13H2,1H3,(H,23,24)/b5-3+/t14-,16?,17?,18?,22?/m1/s1. The molecule has 1 aliphatic heterocycles. The first-order valence-corrected chi connectivity index (χ1v) is 9.98. The summed E-state index contributed by atoms with van der Waals surface area (Å²) in [6.45, 7) is 2.49. The molecule has 1 heterocycles. The maximum atomic E-state index is 12.5. The van der Waals surface area contributed by atoms with E-state index in [1.807, 2.05) is 24.3 Å².